The Morgan fingerprint density at radius 3 is 2.00 bits per heavy atom. The Morgan fingerprint density at radius 2 is 2.00 bits per heavy atom. The van der Waals surface area contributed by atoms with Crippen LogP contribution in [0.25, 0.3) is 0 Å². The Labute approximate surface area is 74.6 Å². The molecule has 7 heavy (non-hydrogen) atoms. The molecular formula is C3H10AlNaO2. The Balaban J connectivity index is 0. The van der Waals surface area contributed by atoms with Gasteiger partial charge in [0.2, 0.25) is 0 Å². The van der Waals surface area contributed by atoms with Gasteiger partial charge in [0.1, 0.15) is 6.29 Å². The molecule has 0 rings (SSSR count). The Kier molecular flexibility index (Phi) is 12.0. The topological polar surface area (TPSA) is 18.5 Å². The van der Waals surface area contributed by atoms with Gasteiger partial charge in [0.05, 0.1) is 0 Å². The molecule has 0 heterocycles. The Hall–Kier alpha value is 1.45. The minimum absolute atomic E-state index is 0. The van der Waals surface area contributed by atoms with Crippen molar-refractivity contribution in [3.8, 4) is 0 Å². The van der Waals surface area contributed by atoms with Gasteiger partial charge in [0.15, 0.2) is 0 Å². The molecule has 0 saturated carbocycles. The van der Waals surface area contributed by atoms with E-state index in [4.69, 9.17) is 8.53 Å². The zero-order valence-corrected chi connectivity index (χ0v) is 6.39. The third-order valence-corrected chi connectivity index (χ3v) is 1.33. The SMILES string of the molecule is COC(C)[O][AlH2].[NaH]. The zero-order chi connectivity index (χ0) is 4.99. The van der Waals surface area contributed by atoms with Crippen LogP contribution in [-0.2, 0) is 8.53 Å². The second-order valence-electron chi connectivity index (χ2n) is 1.04. The van der Waals surface area contributed by atoms with Gasteiger partial charge in [-0.05, 0) is 6.92 Å². The monoisotopic (exact) mass is 128 g/mol. The molecule has 0 aliphatic carbocycles. The average molecular weight is 128 g/mol. The second kappa shape index (κ2) is 7.45. The van der Waals surface area contributed by atoms with Crippen molar-refractivity contribution in [2.45, 2.75) is 13.2 Å². The fourth-order valence-electron chi connectivity index (χ4n) is 0.0962. The molecule has 2 nitrogen and oxygen atoms in total. The molecule has 1 atom stereocenters. The van der Waals surface area contributed by atoms with Gasteiger partial charge in [-0.15, -0.1) is 0 Å². The first-order valence-corrected chi connectivity index (χ1v) is 2.68. The Morgan fingerprint density at radius 1 is 1.57 bits per heavy atom. The van der Waals surface area contributed by atoms with Gasteiger partial charge in [0, 0.05) is 7.11 Å². The van der Waals surface area contributed by atoms with Crippen molar-refractivity contribution in [2.75, 3.05) is 7.11 Å². The van der Waals surface area contributed by atoms with E-state index in [9.17, 15) is 0 Å². The van der Waals surface area contributed by atoms with Crippen molar-refractivity contribution < 1.29 is 8.53 Å². The van der Waals surface area contributed by atoms with Gasteiger partial charge in [-0.25, -0.2) is 0 Å². The standard InChI is InChI=1S/C3H7O2.Al.Na.3H/c1-3(4)5-2;;;;;/h3H,1-2H3;;;;;/q-1;+1;;;;. The number of hydrogen-bond donors (Lipinski definition) is 0. The predicted molar refractivity (Wildman–Crippen MR) is 33.2 cm³/mol. The third-order valence-electron chi connectivity index (χ3n) is 0.664. The summed E-state index contributed by atoms with van der Waals surface area (Å²) < 4.78 is 9.53. The fourth-order valence-corrected chi connectivity index (χ4v) is 0.289. The first kappa shape index (κ1) is 11.3. The van der Waals surface area contributed by atoms with Crippen LogP contribution in [0, 0.1) is 0 Å². The van der Waals surface area contributed by atoms with E-state index in [0.717, 1.165) is 16.6 Å². The van der Waals surface area contributed by atoms with Gasteiger partial charge < -0.3 is 8.53 Å². The molecule has 0 saturated heterocycles. The molecule has 0 radical (unpaired) electrons. The molecule has 0 fully saturated rings. The van der Waals surface area contributed by atoms with E-state index in [1.165, 1.54) is 0 Å². The summed E-state index contributed by atoms with van der Waals surface area (Å²) in [6, 6.07) is 0. The second-order valence-corrected chi connectivity index (χ2v) is 1.51. The molecule has 4 heteroatoms. The Bertz CT molecular complexity index is 32.1. The summed E-state index contributed by atoms with van der Waals surface area (Å²) in [7, 11) is 1.63. The molecule has 0 aromatic rings. The van der Waals surface area contributed by atoms with E-state index >= 15 is 0 Å². The summed E-state index contributed by atoms with van der Waals surface area (Å²) in [4.78, 5) is 0. The van der Waals surface area contributed by atoms with Crippen LogP contribution in [0.2, 0.25) is 0 Å². The van der Waals surface area contributed by atoms with Gasteiger partial charge in [-0.2, -0.15) is 0 Å². The summed E-state index contributed by atoms with van der Waals surface area (Å²) in [6.07, 6.45) is -0.00309. The predicted octanol–water partition coefficient (Wildman–Crippen LogP) is -1.11. The summed E-state index contributed by atoms with van der Waals surface area (Å²) >= 11 is 0.757. The molecule has 0 bridgehead atoms. The van der Waals surface area contributed by atoms with Crippen molar-refractivity contribution in [3.63, 3.8) is 0 Å². The van der Waals surface area contributed by atoms with Crippen LogP contribution in [0.5, 0.6) is 0 Å². The van der Waals surface area contributed by atoms with E-state index < -0.39 is 0 Å². The maximum atomic E-state index is 4.82. The molecule has 0 N–H and O–H groups in total. The van der Waals surface area contributed by atoms with Crippen LogP contribution >= 0.6 is 0 Å². The van der Waals surface area contributed by atoms with Gasteiger partial charge in [-0.1, -0.05) is 0 Å². The molecular weight excluding hydrogens is 118 g/mol. The molecule has 1 unspecified atom stereocenters. The molecule has 0 aromatic heterocycles. The van der Waals surface area contributed by atoms with Crippen molar-refractivity contribution in [1.82, 2.24) is 0 Å². The minimum atomic E-state index is -0.00309. The number of rotatable bonds is 2. The summed E-state index contributed by atoms with van der Waals surface area (Å²) in [5.74, 6) is 0. The molecule has 0 aliphatic heterocycles. The summed E-state index contributed by atoms with van der Waals surface area (Å²) in [6.45, 7) is 1.87. The van der Waals surface area contributed by atoms with Crippen LogP contribution in [0.4, 0.5) is 0 Å². The molecule has 0 amide bonds. The van der Waals surface area contributed by atoms with Gasteiger partial charge in [0.25, 0.3) is 0 Å². The van der Waals surface area contributed by atoms with E-state index in [0.29, 0.717) is 0 Å². The number of methoxy groups -OCH3 is 1. The zero-order valence-electron chi connectivity index (χ0n) is 4.39. The third kappa shape index (κ3) is 7.45. The summed E-state index contributed by atoms with van der Waals surface area (Å²) in [5, 5.41) is 0. The average Bonchev–Trinajstić information content (AvgIpc) is 1.65. The van der Waals surface area contributed by atoms with Crippen molar-refractivity contribution in [2.24, 2.45) is 0 Å². The van der Waals surface area contributed by atoms with Crippen LogP contribution in [0.3, 0.4) is 0 Å². The maximum absolute atomic E-state index is 4.82. The fraction of sp³-hybridized carbons (Fsp3) is 1.00. The van der Waals surface area contributed by atoms with Crippen molar-refractivity contribution >= 4 is 46.2 Å². The quantitative estimate of drug-likeness (QED) is 0.347. The van der Waals surface area contributed by atoms with E-state index in [-0.39, 0.29) is 35.8 Å². The van der Waals surface area contributed by atoms with Crippen LogP contribution in [0.1, 0.15) is 6.92 Å². The van der Waals surface area contributed by atoms with Crippen LogP contribution in [0.15, 0.2) is 0 Å². The normalized spacial score (nSPS) is 12.3. The molecule has 38 valence electrons. The number of ether oxygens (including phenoxy) is 1. The van der Waals surface area contributed by atoms with Gasteiger partial charge >= 0.3 is 46.2 Å². The number of hydrogen-bond acceptors (Lipinski definition) is 2. The van der Waals surface area contributed by atoms with Crippen LogP contribution in [-0.4, -0.2) is 59.6 Å². The van der Waals surface area contributed by atoms with Crippen molar-refractivity contribution in [3.05, 3.63) is 0 Å². The molecule has 0 aliphatic rings. The van der Waals surface area contributed by atoms with E-state index in [1.54, 1.807) is 7.11 Å². The van der Waals surface area contributed by atoms with E-state index in [2.05, 4.69) is 0 Å². The molecule has 0 spiro atoms. The molecule has 0 aromatic carbocycles. The first-order chi connectivity index (χ1) is 2.81. The summed E-state index contributed by atoms with van der Waals surface area (Å²) in [5.41, 5.74) is 0. The van der Waals surface area contributed by atoms with E-state index in [1.807, 2.05) is 6.92 Å². The van der Waals surface area contributed by atoms with Crippen LogP contribution < -0.4 is 0 Å². The first-order valence-electron chi connectivity index (χ1n) is 1.87. The van der Waals surface area contributed by atoms with Gasteiger partial charge in [-0.3, -0.25) is 0 Å². The van der Waals surface area contributed by atoms with Crippen molar-refractivity contribution in [1.29, 1.82) is 0 Å².